The highest BCUT2D eigenvalue weighted by molar-refractivity contribution is 6.29. The summed E-state index contributed by atoms with van der Waals surface area (Å²) in [6, 6.07) is 3.63. The molecule has 0 fully saturated rings. The Kier molecular flexibility index (Phi) is 2.11. The average molecular weight is 214 g/mol. The van der Waals surface area contributed by atoms with Crippen molar-refractivity contribution in [2.24, 2.45) is 0 Å². The normalized spacial score (nSPS) is 10.9. The van der Waals surface area contributed by atoms with E-state index < -0.39 is 11.6 Å². The Bertz CT molecular complexity index is 511. The predicted molar refractivity (Wildman–Crippen MR) is 51.4 cm³/mol. The first-order valence-electron chi connectivity index (χ1n) is 4.00. The van der Waals surface area contributed by atoms with Crippen LogP contribution in [0, 0.1) is 18.6 Å². The second-order valence-electron chi connectivity index (χ2n) is 3.01. The van der Waals surface area contributed by atoms with Gasteiger partial charge < -0.3 is 0 Å². The molecule has 0 atom stereocenters. The molecule has 0 aliphatic carbocycles. The fourth-order valence-corrected chi connectivity index (χ4v) is 1.66. The number of benzene rings is 1. The van der Waals surface area contributed by atoms with Crippen molar-refractivity contribution in [3.05, 3.63) is 40.6 Å². The maximum Gasteiger partial charge on any atom is 0.149 e. The molecule has 1 aromatic carbocycles. The molecule has 1 aromatic heterocycles. The summed E-state index contributed by atoms with van der Waals surface area (Å²) in [6.45, 7) is 1.67. The Labute approximate surface area is 84.3 Å². The van der Waals surface area contributed by atoms with Crippen LogP contribution in [0.5, 0.6) is 0 Å². The number of pyridine rings is 1. The number of aromatic nitrogens is 1. The van der Waals surface area contributed by atoms with Crippen LogP contribution in [0.25, 0.3) is 10.9 Å². The fraction of sp³-hybridized carbons (Fsp3) is 0.100. The van der Waals surface area contributed by atoms with Crippen LogP contribution in [-0.4, -0.2) is 4.98 Å². The molecule has 0 saturated heterocycles. The van der Waals surface area contributed by atoms with Crippen LogP contribution in [0.3, 0.4) is 0 Å². The SMILES string of the molecule is Cc1cc(Cl)nc2c(F)ccc(F)c12. The average Bonchev–Trinajstić information content (AvgIpc) is 2.10. The van der Waals surface area contributed by atoms with Crippen LogP contribution in [0.1, 0.15) is 5.56 Å². The smallest absolute Gasteiger partial charge is 0.149 e. The van der Waals surface area contributed by atoms with Gasteiger partial charge >= 0.3 is 0 Å². The minimum Gasteiger partial charge on any atom is -0.233 e. The molecule has 0 aliphatic heterocycles. The van der Waals surface area contributed by atoms with Gasteiger partial charge in [0, 0.05) is 5.39 Å². The van der Waals surface area contributed by atoms with Gasteiger partial charge in [-0.25, -0.2) is 13.8 Å². The van der Waals surface area contributed by atoms with E-state index in [1.165, 1.54) is 6.07 Å². The first-order chi connectivity index (χ1) is 6.59. The first-order valence-corrected chi connectivity index (χ1v) is 4.38. The predicted octanol–water partition coefficient (Wildman–Crippen LogP) is 3.47. The Morgan fingerprint density at radius 3 is 2.57 bits per heavy atom. The Morgan fingerprint density at radius 1 is 1.21 bits per heavy atom. The molecule has 0 amide bonds. The summed E-state index contributed by atoms with van der Waals surface area (Å²) in [5, 5.41) is 0.355. The van der Waals surface area contributed by atoms with E-state index in [1.807, 2.05) is 0 Å². The summed E-state index contributed by atoms with van der Waals surface area (Å²) in [7, 11) is 0. The highest BCUT2D eigenvalue weighted by Crippen LogP contribution is 2.24. The summed E-state index contributed by atoms with van der Waals surface area (Å²) in [4.78, 5) is 3.75. The topological polar surface area (TPSA) is 12.9 Å². The Balaban J connectivity index is 3.00. The summed E-state index contributed by atoms with van der Waals surface area (Å²) >= 11 is 5.65. The van der Waals surface area contributed by atoms with Gasteiger partial charge in [-0.15, -0.1) is 0 Å². The maximum atomic E-state index is 13.3. The van der Waals surface area contributed by atoms with Crippen molar-refractivity contribution in [2.45, 2.75) is 6.92 Å². The van der Waals surface area contributed by atoms with Crippen LogP contribution in [0.4, 0.5) is 8.78 Å². The van der Waals surface area contributed by atoms with Gasteiger partial charge in [-0.05, 0) is 30.7 Å². The molecule has 1 heterocycles. The molecule has 0 unspecified atom stereocenters. The molecule has 0 saturated carbocycles. The number of rotatable bonds is 0. The van der Waals surface area contributed by atoms with Gasteiger partial charge in [0.05, 0.1) is 0 Å². The summed E-state index contributed by atoms with van der Waals surface area (Å²) in [5.74, 6) is -1.05. The molecule has 0 radical (unpaired) electrons. The Hall–Kier alpha value is -1.22. The number of aryl methyl sites for hydroxylation is 1. The lowest BCUT2D eigenvalue weighted by Gasteiger charge is -2.04. The van der Waals surface area contributed by atoms with Crippen LogP contribution < -0.4 is 0 Å². The lowest BCUT2D eigenvalue weighted by atomic mass is 10.1. The second-order valence-corrected chi connectivity index (χ2v) is 3.40. The zero-order valence-corrected chi connectivity index (χ0v) is 8.07. The molecular weight excluding hydrogens is 208 g/mol. The number of hydrogen-bond donors (Lipinski definition) is 0. The summed E-state index contributed by atoms with van der Waals surface area (Å²) in [6.07, 6.45) is 0. The van der Waals surface area contributed by atoms with E-state index in [9.17, 15) is 8.78 Å². The van der Waals surface area contributed by atoms with E-state index in [1.54, 1.807) is 6.92 Å². The molecular formula is C10H6ClF2N. The quantitative estimate of drug-likeness (QED) is 0.611. The standard InChI is InChI=1S/C10H6ClF2N/c1-5-4-8(11)14-10-7(13)3-2-6(12)9(5)10/h2-4H,1H3. The highest BCUT2D eigenvalue weighted by atomic mass is 35.5. The first kappa shape index (κ1) is 9.34. The maximum absolute atomic E-state index is 13.3. The van der Waals surface area contributed by atoms with Crippen LogP contribution in [-0.2, 0) is 0 Å². The van der Waals surface area contributed by atoms with Gasteiger partial charge in [0.2, 0.25) is 0 Å². The van der Waals surface area contributed by atoms with Crippen molar-refractivity contribution in [2.75, 3.05) is 0 Å². The minimum atomic E-state index is -0.563. The van der Waals surface area contributed by atoms with E-state index >= 15 is 0 Å². The number of nitrogens with zero attached hydrogens (tertiary/aromatic N) is 1. The van der Waals surface area contributed by atoms with Crippen molar-refractivity contribution < 1.29 is 8.78 Å². The van der Waals surface area contributed by atoms with Crippen molar-refractivity contribution in [3.63, 3.8) is 0 Å². The van der Waals surface area contributed by atoms with Gasteiger partial charge in [0.25, 0.3) is 0 Å². The molecule has 0 aliphatic rings. The van der Waals surface area contributed by atoms with E-state index in [-0.39, 0.29) is 16.1 Å². The molecule has 0 spiro atoms. The highest BCUT2D eigenvalue weighted by Gasteiger charge is 2.10. The van der Waals surface area contributed by atoms with Gasteiger partial charge in [-0.1, -0.05) is 11.6 Å². The summed E-state index contributed by atoms with van der Waals surface area (Å²) in [5.41, 5.74) is 0.562. The summed E-state index contributed by atoms with van der Waals surface area (Å²) < 4.78 is 26.5. The van der Waals surface area contributed by atoms with Crippen molar-refractivity contribution in [1.82, 2.24) is 4.98 Å². The minimum absolute atomic E-state index is 0.0185. The number of hydrogen-bond acceptors (Lipinski definition) is 1. The van der Waals surface area contributed by atoms with Gasteiger partial charge in [-0.2, -0.15) is 0 Å². The van der Waals surface area contributed by atoms with Crippen LogP contribution >= 0.6 is 11.6 Å². The molecule has 72 valence electrons. The molecule has 14 heavy (non-hydrogen) atoms. The third-order valence-corrected chi connectivity index (χ3v) is 2.22. The van der Waals surface area contributed by atoms with Gasteiger partial charge in [0.15, 0.2) is 0 Å². The van der Waals surface area contributed by atoms with E-state index in [0.29, 0.717) is 5.56 Å². The monoisotopic (exact) mass is 213 g/mol. The molecule has 1 nitrogen and oxygen atoms in total. The van der Waals surface area contributed by atoms with Crippen LogP contribution in [0.15, 0.2) is 18.2 Å². The third kappa shape index (κ3) is 1.34. The number of fused-ring (bicyclic) bond motifs is 1. The third-order valence-electron chi connectivity index (χ3n) is 2.03. The lowest BCUT2D eigenvalue weighted by Crippen LogP contribution is -1.91. The molecule has 4 heteroatoms. The van der Waals surface area contributed by atoms with Crippen molar-refractivity contribution in [1.29, 1.82) is 0 Å². The van der Waals surface area contributed by atoms with Crippen molar-refractivity contribution in [3.8, 4) is 0 Å². The largest absolute Gasteiger partial charge is 0.233 e. The zero-order chi connectivity index (χ0) is 10.3. The van der Waals surface area contributed by atoms with E-state index in [4.69, 9.17) is 11.6 Å². The molecule has 2 aromatic rings. The lowest BCUT2D eigenvalue weighted by molar-refractivity contribution is 0.615. The van der Waals surface area contributed by atoms with Gasteiger partial charge in [-0.3, -0.25) is 0 Å². The second kappa shape index (κ2) is 3.17. The van der Waals surface area contributed by atoms with E-state index in [0.717, 1.165) is 12.1 Å². The zero-order valence-electron chi connectivity index (χ0n) is 7.31. The molecule has 2 rings (SSSR count). The molecule has 0 bridgehead atoms. The Morgan fingerprint density at radius 2 is 1.86 bits per heavy atom. The molecule has 0 N–H and O–H groups in total. The van der Waals surface area contributed by atoms with Crippen LogP contribution in [0.2, 0.25) is 5.15 Å². The van der Waals surface area contributed by atoms with Gasteiger partial charge in [0.1, 0.15) is 22.3 Å². The fourth-order valence-electron chi connectivity index (χ4n) is 1.42. The van der Waals surface area contributed by atoms with E-state index in [2.05, 4.69) is 4.98 Å². The van der Waals surface area contributed by atoms with Crippen molar-refractivity contribution >= 4 is 22.5 Å². The number of halogens is 3.